The molecular formula is C26H18O3. The predicted octanol–water partition coefficient (Wildman–Crippen LogP) is 5.98. The van der Waals surface area contributed by atoms with Gasteiger partial charge in [0, 0.05) is 5.56 Å². The van der Waals surface area contributed by atoms with E-state index in [1.54, 1.807) is 7.11 Å². The summed E-state index contributed by atoms with van der Waals surface area (Å²) in [6.45, 7) is 0. The number of ether oxygens (including phenoxy) is 2. The van der Waals surface area contributed by atoms with E-state index in [0.29, 0.717) is 11.3 Å². The van der Waals surface area contributed by atoms with Crippen LogP contribution in [0.3, 0.4) is 0 Å². The Morgan fingerprint density at radius 1 is 0.828 bits per heavy atom. The molecule has 0 spiro atoms. The van der Waals surface area contributed by atoms with Gasteiger partial charge in [0.15, 0.2) is 0 Å². The summed E-state index contributed by atoms with van der Waals surface area (Å²) in [5.74, 6) is 1.05. The van der Waals surface area contributed by atoms with Gasteiger partial charge in [0.2, 0.25) is 0 Å². The lowest BCUT2D eigenvalue weighted by Gasteiger charge is -2.06. The van der Waals surface area contributed by atoms with Crippen LogP contribution in [0.5, 0.6) is 5.75 Å². The highest BCUT2D eigenvalue weighted by Gasteiger charge is 2.22. The fourth-order valence-electron chi connectivity index (χ4n) is 3.68. The van der Waals surface area contributed by atoms with E-state index in [9.17, 15) is 4.79 Å². The van der Waals surface area contributed by atoms with Gasteiger partial charge in [-0.25, -0.2) is 4.79 Å². The summed E-state index contributed by atoms with van der Waals surface area (Å²) in [4.78, 5) is 12.5. The molecule has 0 N–H and O–H groups in total. The van der Waals surface area contributed by atoms with Crippen LogP contribution in [0.15, 0.2) is 90.5 Å². The molecule has 0 fully saturated rings. The van der Waals surface area contributed by atoms with Crippen molar-refractivity contribution in [3.63, 3.8) is 0 Å². The van der Waals surface area contributed by atoms with Crippen LogP contribution in [0.4, 0.5) is 0 Å². The molecule has 4 aromatic carbocycles. The molecule has 0 saturated carbocycles. The summed E-state index contributed by atoms with van der Waals surface area (Å²) in [5, 5.41) is 4.38. The fraction of sp³-hybridized carbons (Fsp3) is 0.0385. The average Bonchev–Trinajstić information content (AvgIpc) is 3.13. The molecule has 0 saturated heterocycles. The van der Waals surface area contributed by atoms with Crippen LogP contribution < -0.4 is 4.74 Å². The van der Waals surface area contributed by atoms with Crippen molar-refractivity contribution in [2.45, 2.75) is 0 Å². The number of carbonyl (C=O) groups excluding carboxylic acids is 1. The molecule has 3 heteroatoms. The molecule has 0 bridgehead atoms. The molecule has 0 aromatic heterocycles. The maximum absolute atomic E-state index is 12.5. The Balaban J connectivity index is 1.54. The van der Waals surface area contributed by atoms with Crippen LogP contribution in [-0.2, 0) is 9.53 Å². The summed E-state index contributed by atoms with van der Waals surface area (Å²) in [6.07, 6.45) is 3.71. The van der Waals surface area contributed by atoms with Gasteiger partial charge in [-0.2, -0.15) is 0 Å². The van der Waals surface area contributed by atoms with Crippen LogP contribution >= 0.6 is 0 Å². The first-order valence-corrected chi connectivity index (χ1v) is 9.43. The van der Waals surface area contributed by atoms with Crippen LogP contribution in [0.2, 0.25) is 0 Å². The molecule has 5 rings (SSSR count). The Kier molecular flexibility index (Phi) is 4.14. The van der Waals surface area contributed by atoms with Crippen molar-refractivity contribution in [2.75, 3.05) is 7.11 Å². The number of rotatable bonds is 3. The number of esters is 1. The van der Waals surface area contributed by atoms with Gasteiger partial charge in [-0.15, -0.1) is 0 Å². The van der Waals surface area contributed by atoms with Gasteiger partial charge >= 0.3 is 5.97 Å². The number of cyclic esters (lactones) is 1. The molecule has 0 aliphatic carbocycles. The van der Waals surface area contributed by atoms with Crippen molar-refractivity contribution in [3.05, 3.63) is 102 Å². The fourth-order valence-corrected chi connectivity index (χ4v) is 3.68. The first-order valence-electron chi connectivity index (χ1n) is 9.43. The second-order valence-electron chi connectivity index (χ2n) is 6.99. The van der Waals surface area contributed by atoms with E-state index in [0.717, 1.165) is 38.4 Å². The molecule has 1 aliphatic heterocycles. The van der Waals surface area contributed by atoms with Crippen LogP contribution in [0, 0.1) is 0 Å². The quantitative estimate of drug-likeness (QED) is 0.325. The van der Waals surface area contributed by atoms with Crippen molar-refractivity contribution in [1.82, 2.24) is 0 Å². The van der Waals surface area contributed by atoms with Crippen molar-refractivity contribution >= 4 is 39.3 Å². The van der Waals surface area contributed by atoms with Gasteiger partial charge in [-0.1, -0.05) is 60.7 Å². The molecule has 29 heavy (non-hydrogen) atoms. The second kappa shape index (κ2) is 6.95. The molecule has 3 nitrogen and oxygen atoms in total. The molecule has 1 heterocycles. The lowest BCUT2D eigenvalue weighted by molar-refractivity contribution is -0.130. The smallest absolute Gasteiger partial charge is 0.343 e. The zero-order valence-electron chi connectivity index (χ0n) is 15.9. The average molecular weight is 378 g/mol. The summed E-state index contributed by atoms with van der Waals surface area (Å²) < 4.78 is 10.8. The predicted molar refractivity (Wildman–Crippen MR) is 116 cm³/mol. The Morgan fingerprint density at radius 2 is 1.62 bits per heavy atom. The Hall–Kier alpha value is -3.85. The number of hydrogen-bond acceptors (Lipinski definition) is 3. The molecule has 0 atom stereocenters. The third kappa shape index (κ3) is 3.17. The van der Waals surface area contributed by atoms with Gasteiger partial charge in [-0.3, -0.25) is 0 Å². The highest BCUT2D eigenvalue weighted by atomic mass is 16.5. The summed E-state index contributed by atoms with van der Waals surface area (Å²) in [7, 11) is 1.65. The van der Waals surface area contributed by atoms with E-state index in [1.807, 2.05) is 72.8 Å². The van der Waals surface area contributed by atoms with Crippen LogP contribution in [-0.4, -0.2) is 13.1 Å². The molecular weight excluding hydrogens is 360 g/mol. The van der Waals surface area contributed by atoms with Crippen LogP contribution in [0.1, 0.15) is 11.1 Å². The van der Waals surface area contributed by atoms with E-state index in [-0.39, 0.29) is 5.97 Å². The number of fused-ring (bicyclic) bond motifs is 2. The Labute approximate surface area is 168 Å². The van der Waals surface area contributed by atoms with Crippen molar-refractivity contribution in [3.8, 4) is 5.75 Å². The Bertz CT molecular complexity index is 1320. The summed E-state index contributed by atoms with van der Waals surface area (Å²) in [5.41, 5.74) is 2.42. The van der Waals surface area contributed by atoms with Crippen molar-refractivity contribution < 1.29 is 14.3 Å². The summed E-state index contributed by atoms with van der Waals surface area (Å²) in [6, 6.07) is 26.1. The Morgan fingerprint density at radius 3 is 2.52 bits per heavy atom. The maximum Gasteiger partial charge on any atom is 0.343 e. The van der Waals surface area contributed by atoms with E-state index < -0.39 is 0 Å². The maximum atomic E-state index is 12.5. The van der Waals surface area contributed by atoms with Gasteiger partial charge in [-0.05, 0) is 57.5 Å². The second-order valence-corrected chi connectivity index (χ2v) is 6.99. The normalized spacial score (nSPS) is 15.0. The minimum Gasteiger partial charge on any atom is -0.497 e. The lowest BCUT2D eigenvalue weighted by atomic mass is 10.0. The summed E-state index contributed by atoms with van der Waals surface area (Å²) >= 11 is 0. The number of benzene rings is 4. The monoisotopic (exact) mass is 378 g/mol. The van der Waals surface area contributed by atoms with E-state index in [2.05, 4.69) is 18.2 Å². The van der Waals surface area contributed by atoms with Gasteiger partial charge in [0.25, 0.3) is 0 Å². The zero-order valence-corrected chi connectivity index (χ0v) is 15.9. The number of methoxy groups -OCH3 is 1. The highest BCUT2D eigenvalue weighted by molar-refractivity contribution is 6.07. The molecule has 4 aromatic rings. The SMILES string of the molecule is COc1ccc2cc(C3=C/C(=C/c4cccc5ccccc45)C(=O)O3)ccc2c1. The molecule has 0 unspecified atom stereocenters. The molecule has 0 radical (unpaired) electrons. The molecule has 140 valence electrons. The first-order chi connectivity index (χ1) is 14.2. The standard InChI is InChI=1S/C26H18O3/c1-28-23-12-11-18-13-21(10-9-19(18)15-23)25-16-22(26(27)29-25)14-20-7-4-6-17-5-2-3-8-24(17)20/h2-16H,1H3/b22-14-. The van der Waals surface area contributed by atoms with Crippen molar-refractivity contribution in [1.29, 1.82) is 0 Å². The number of hydrogen-bond donors (Lipinski definition) is 0. The highest BCUT2D eigenvalue weighted by Crippen LogP contribution is 2.31. The third-order valence-corrected chi connectivity index (χ3v) is 5.19. The van der Waals surface area contributed by atoms with E-state index in [4.69, 9.17) is 9.47 Å². The first kappa shape index (κ1) is 17.3. The lowest BCUT2D eigenvalue weighted by Crippen LogP contribution is -1.97. The van der Waals surface area contributed by atoms with Gasteiger partial charge in [0.05, 0.1) is 12.7 Å². The topological polar surface area (TPSA) is 35.5 Å². The van der Waals surface area contributed by atoms with Crippen molar-refractivity contribution in [2.24, 2.45) is 0 Å². The largest absolute Gasteiger partial charge is 0.497 e. The minimum atomic E-state index is -0.331. The van der Waals surface area contributed by atoms with E-state index in [1.165, 1.54) is 0 Å². The molecule has 0 amide bonds. The minimum absolute atomic E-state index is 0.331. The number of carbonyl (C=O) groups is 1. The zero-order chi connectivity index (χ0) is 19.8. The van der Waals surface area contributed by atoms with E-state index >= 15 is 0 Å². The van der Waals surface area contributed by atoms with Gasteiger partial charge in [0.1, 0.15) is 11.5 Å². The van der Waals surface area contributed by atoms with Gasteiger partial charge < -0.3 is 9.47 Å². The molecule has 1 aliphatic rings. The third-order valence-electron chi connectivity index (χ3n) is 5.19. The van der Waals surface area contributed by atoms with Crippen LogP contribution in [0.25, 0.3) is 33.4 Å².